The van der Waals surface area contributed by atoms with Gasteiger partial charge in [-0.3, -0.25) is 4.99 Å². The second kappa shape index (κ2) is 8.29. The molecule has 0 fully saturated rings. The van der Waals surface area contributed by atoms with Gasteiger partial charge in [-0.15, -0.1) is 0 Å². The average Bonchev–Trinajstić information content (AvgIpc) is 2.89. The van der Waals surface area contributed by atoms with Gasteiger partial charge in [0, 0.05) is 31.9 Å². The fourth-order valence-electron chi connectivity index (χ4n) is 2.22. The quantitative estimate of drug-likeness (QED) is 0.445. The lowest BCUT2D eigenvalue weighted by Crippen LogP contribution is -2.33. The summed E-state index contributed by atoms with van der Waals surface area (Å²) in [5.41, 5.74) is 7.88. The lowest BCUT2D eigenvalue weighted by Gasteiger charge is -2.04. The molecule has 5 nitrogen and oxygen atoms in total. The van der Waals surface area contributed by atoms with Crippen LogP contribution in [0.3, 0.4) is 0 Å². The molecule has 0 saturated carbocycles. The van der Waals surface area contributed by atoms with Crippen LogP contribution >= 0.6 is 0 Å². The molecular weight excluding hydrogens is 262 g/mol. The molecule has 2 heterocycles. The predicted octanol–water partition coefficient (Wildman–Crippen LogP) is 2.36. The van der Waals surface area contributed by atoms with Crippen molar-refractivity contribution in [2.75, 3.05) is 13.1 Å². The van der Waals surface area contributed by atoms with Crippen molar-refractivity contribution >= 4 is 11.6 Å². The molecule has 0 bridgehead atoms. The highest BCUT2D eigenvalue weighted by Crippen LogP contribution is 2.04. The van der Waals surface area contributed by atoms with Crippen LogP contribution in [0, 0.1) is 0 Å². The molecule has 3 N–H and O–H groups in total. The molecule has 0 aliphatic carbocycles. The standard InChI is InChI=1S/C16H25N5/c1-2-3-4-6-10-18-16(17)19-11-9-14-13-21-12-7-5-8-15(21)20-14/h5,7-8,12-13H,2-4,6,9-11H2,1H3,(H3,17,18,19). The molecule has 5 heteroatoms. The highest BCUT2D eigenvalue weighted by molar-refractivity contribution is 5.77. The summed E-state index contributed by atoms with van der Waals surface area (Å²) in [7, 11) is 0. The van der Waals surface area contributed by atoms with Crippen molar-refractivity contribution in [3.8, 4) is 0 Å². The van der Waals surface area contributed by atoms with Crippen molar-refractivity contribution < 1.29 is 0 Å². The van der Waals surface area contributed by atoms with Crippen molar-refractivity contribution in [2.24, 2.45) is 10.7 Å². The van der Waals surface area contributed by atoms with Crippen molar-refractivity contribution in [3.63, 3.8) is 0 Å². The first-order valence-electron chi connectivity index (χ1n) is 7.76. The Morgan fingerprint density at radius 1 is 1.33 bits per heavy atom. The van der Waals surface area contributed by atoms with Crippen LogP contribution in [0.1, 0.15) is 38.3 Å². The van der Waals surface area contributed by atoms with Crippen LogP contribution in [0.5, 0.6) is 0 Å². The zero-order chi connectivity index (χ0) is 14.9. The number of aliphatic imine (C=N–C) groups is 1. The van der Waals surface area contributed by atoms with Crippen LogP contribution in [0.4, 0.5) is 0 Å². The van der Waals surface area contributed by atoms with E-state index in [0.717, 1.165) is 37.3 Å². The molecule has 0 spiro atoms. The molecule has 0 unspecified atom stereocenters. The van der Waals surface area contributed by atoms with Crippen molar-refractivity contribution in [1.29, 1.82) is 0 Å². The van der Waals surface area contributed by atoms with Gasteiger partial charge in [0.25, 0.3) is 0 Å². The van der Waals surface area contributed by atoms with E-state index in [9.17, 15) is 0 Å². The summed E-state index contributed by atoms with van der Waals surface area (Å²) in [6.45, 7) is 3.78. The number of nitrogens with two attached hydrogens (primary N) is 1. The summed E-state index contributed by atoms with van der Waals surface area (Å²) in [4.78, 5) is 8.88. The van der Waals surface area contributed by atoms with Gasteiger partial charge in [-0.2, -0.15) is 0 Å². The summed E-state index contributed by atoms with van der Waals surface area (Å²) >= 11 is 0. The normalized spacial score (nSPS) is 12.0. The lowest BCUT2D eigenvalue weighted by atomic mass is 10.2. The van der Waals surface area contributed by atoms with Gasteiger partial charge >= 0.3 is 0 Å². The predicted molar refractivity (Wildman–Crippen MR) is 87.5 cm³/mol. The van der Waals surface area contributed by atoms with E-state index in [1.165, 1.54) is 19.3 Å². The Kier molecular flexibility index (Phi) is 6.06. The largest absolute Gasteiger partial charge is 0.370 e. The fraction of sp³-hybridized carbons (Fsp3) is 0.500. The van der Waals surface area contributed by atoms with Crippen molar-refractivity contribution in [2.45, 2.75) is 39.0 Å². The summed E-state index contributed by atoms with van der Waals surface area (Å²) in [5, 5.41) is 3.14. The van der Waals surface area contributed by atoms with E-state index in [-0.39, 0.29) is 0 Å². The van der Waals surface area contributed by atoms with Crippen LogP contribution in [0.25, 0.3) is 5.65 Å². The monoisotopic (exact) mass is 287 g/mol. The van der Waals surface area contributed by atoms with Gasteiger partial charge in [-0.05, 0) is 18.6 Å². The third-order valence-electron chi connectivity index (χ3n) is 3.39. The minimum absolute atomic E-state index is 0.537. The van der Waals surface area contributed by atoms with Crippen molar-refractivity contribution in [1.82, 2.24) is 14.7 Å². The number of nitrogens with zero attached hydrogens (tertiary/aromatic N) is 3. The summed E-state index contributed by atoms with van der Waals surface area (Å²) in [5.74, 6) is 0.537. The maximum Gasteiger partial charge on any atom is 0.188 e. The topological polar surface area (TPSA) is 67.7 Å². The van der Waals surface area contributed by atoms with Crippen molar-refractivity contribution in [3.05, 3.63) is 36.3 Å². The van der Waals surface area contributed by atoms with E-state index < -0.39 is 0 Å². The van der Waals surface area contributed by atoms with Gasteiger partial charge in [0.05, 0.1) is 5.69 Å². The van der Waals surface area contributed by atoms with Crippen LogP contribution < -0.4 is 11.1 Å². The van der Waals surface area contributed by atoms with E-state index in [0.29, 0.717) is 5.96 Å². The molecule has 21 heavy (non-hydrogen) atoms. The van der Waals surface area contributed by atoms with Gasteiger partial charge < -0.3 is 15.5 Å². The minimum Gasteiger partial charge on any atom is -0.370 e. The number of pyridine rings is 1. The number of rotatable bonds is 8. The number of fused-ring (bicyclic) bond motifs is 1. The first-order valence-corrected chi connectivity index (χ1v) is 7.76. The zero-order valence-electron chi connectivity index (χ0n) is 12.8. The number of imidazole rings is 1. The molecule has 114 valence electrons. The molecule has 0 aliphatic heterocycles. The molecule has 2 rings (SSSR count). The molecule has 0 aromatic carbocycles. The van der Waals surface area contributed by atoms with Crippen LogP contribution in [0.15, 0.2) is 35.6 Å². The first-order chi connectivity index (χ1) is 10.3. The lowest BCUT2D eigenvalue weighted by molar-refractivity contribution is 0.673. The Balaban J connectivity index is 1.69. The fourth-order valence-corrected chi connectivity index (χ4v) is 2.22. The smallest absolute Gasteiger partial charge is 0.188 e. The summed E-state index contributed by atoms with van der Waals surface area (Å²) in [6, 6.07) is 6.00. The van der Waals surface area contributed by atoms with E-state index in [1.807, 2.05) is 28.8 Å². The summed E-state index contributed by atoms with van der Waals surface area (Å²) < 4.78 is 2.03. The Morgan fingerprint density at radius 2 is 2.24 bits per heavy atom. The molecule has 0 atom stereocenters. The Morgan fingerprint density at radius 3 is 3.05 bits per heavy atom. The van der Waals surface area contributed by atoms with E-state index in [4.69, 9.17) is 5.73 Å². The Hall–Kier alpha value is -2.04. The van der Waals surface area contributed by atoms with Crippen LogP contribution in [-0.4, -0.2) is 28.4 Å². The van der Waals surface area contributed by atoms with Crippen LogP contribution in [0.2, 0.25) is 0 Å². The van der Waals surface area contributed by atoms with E-state index in [1.54, 1.807) is 0 Å². The zero-order valence-corrected chi connectivity index (χ0v) is 12.8. The van der Waals surface area contributed by atoms with Crippen LogP contribution in [-0.2, 0) is 6.42 Å². The number of guanidine groups is 1. The first kappa shape index (κ1) is 15.4. The third kappa shape index (κ3) is 5.10. The SMILES string of the molecule is CCCCCCN=C(N)NCCc1cn2ccccc2n1. The molecule has 0 saturated heterocycles. The number of aromatic nitrogens is 2. The van der Waals surface area contributed by atoms with Gasteiger partial charge in [-0.25, -0.2) is 4.98 Å². The molecule has 2 aromatic heterocycles. The number of hydrogen-bond donors (Lipinski definition) is 2. The van der Waals surface area contributed by atoms with E-state index in [2.05, 4.69) is 28.4 Å². The average molecular weight is 287 g/mol. The van der Waals surface area contributed by atoms with Gasteiger partial charge in [-0.1, -0.05) is 32.3 Å². The maximum absolute atomic E-state index is 5.84. The Labute approximate surface area is 126 Å². The maximum atomic E-state index is 5.84. The van der Waals surface area contributed by atoms with Gasteiger partial charge in [0.2, 0.25) is 0 Å². The molecule has 2 aromatic rings. The molecule has 0 radical (unpaired) electrons. The highest BCUT2D eigenvalue weighted by Gasteiger charge is 2.00. The summed E-state index contributed by atoms with van der Waals surface area (Å²) in [6.07, 6.45) is 9.76. The molecule has 0 aliphatic rings. The minimum atomic E-state index is 0.537. The molecular formula is C16H25N5. The third-order valence-corrected chi connectivity index (χ3v) is 3.39. The highest BCUT2D eigenvalue weighted by atomic mass is 15.1. The Bertz CT molecular complexity index is 540. The van der Waals surface area contributed by atoms with Gasteiger partial charge in [0.1, 0.15) is 5.65 Å². The van der Waals surface area contributed by atoms with Gasteiger partial charge in [0.15, 0.2) is 5.96 Å². The second-order valence-electron chi connectivity index (χ2n) is 5.20. The number of unbranched alkanes of at least 4 members (excludes halogenated alkanes) is 3. The number of hydrogen-bond acceptors (Lipinski definition) is 2. The molecule has 0 amide bonds. The number of nitrogens with one attached hydrogen (secondary N) is 1. The van der Waals surface area contributed by atoms with E-state index >= 15 is 0 Å². The second-order valence-corrected chi connectivity index (χ2v) is 5.20.